The standard InChI is InChI=1S/C22H25N5O3S/c1-31(29,30)26-18-14-19(22-23-21(24-25-22)17-10-6-3-7-11-17)27(15-18)20(28)13-12-16-8-4-2-5-9-16/h2-11,18-19,26H,12-15H2,1H3,(H,23,24,25)/t18-,19-/m0/s1. The molecule has 31 heavy (non-hydrogen) atoms. The Morgan fingerprint density at radius 2 is 1.81 bits per heavy atom. The molecule has 1 saturated heterocycles. The number of rotatable bonds is 7. The molecule has 2 heterocycles. The van der Waals surface area contributed by atoms with E-state index in [0.29, 0.717) is 37.5 Å². The van der Waals surface area contributed by atoms with Crippen LogP contribution in [0, 0.1) is 0 Å². The Labute approximate surface area is 181 Å². The van der Waals surface area contributed by atoms with E-state index in [1.165, 1.54) is 0 Å². The van der Waals surface area contributed by atoms with Gasteiger partial charge in [-0.25, -0.2) is 18.1 Å². The highest BCUT2D eigenvalue weighted by atomic mass is 32.2. The highest BCUT2D eigenvalue weighted by Crippen LogP contribution is 2.32. The van der Waals surface area contributed by atoms with E-state index in [2.05, 4.69) is 19.9 Å². The minimum absolute atomic E-state index is 0.0377. The minimum Gasteiger partial charge on any atom is -0.331 e. The lowest BCUT2D eigenvalue weighted by Crippen LogP contribution is -2.38. The maximum absolute atomic E-state index is 13.1. The van der Waals surface area contributed by atoms with E-state index >= 15 is 0 Å². The molecule has 0 unspecified atom stereocenters. The van der Waals surface area contributed by atoms with E-state index in [1.807, 2.05) is 60.7 Å². The fourth-order valence-corrected chi connectivity index (χ4v) is 4.71. The quantitative estimate of drug-likeness (QED) is 0.587. The zero-order valence-electron chi connectivity index (χ0n) is 17.2. The van der Waals surface area contributed by atoms with Crippen molar-refractivity contribution in [2.24, 2.45) is 0 Å². The number of amides is 1. The monoisotopic (exact) mass is 439 g/mol. The summed E-state index contributed by atoms with van der Waals surface area (Å²) in [6.07, 6.45) is 2.53. The first kappa shape index (κ1) is 21.2. The second-order valence-electron chi connectivity index (χ2n) is 7.78. The van der Waals surface area contributed by atoms with Crippen molar-refractivity contribution in [2.75, 3.05) is 12.8 Å². The van der Waals surface area contributed by atoms with Crippen LogP contribution in [0.15, 0.2) is 60.7 Å². The number of nitrogens with one attached hydrogen (secondary N) is 2. The summed E-state index contributed by atoms with van der Waals surface area (Å²) in [4.78, 5) is 19.4. The number of aromatic amines is 1. The molecule has 9 heteroatoms. The van der Waals surface area contributed by atoms with Crippen molar-refractivity contribution in [3.63, 3.8) is 0 Å². The summed E-state index contributed by atoms with van der Waals surface area (Å²) in [6, 6.07) is 18.7. The molecule has 2 N–H and O–H groups in total. The highest BCUT2D eigenvalue weighted by Gasteiger charge is 2.38. The van der Waals surface area contributed by atoms with Gasteiger partial charge in [0.1, 0.15) is 5.82 Å². The third kappa shape index (κ3) is 5.36. The topological polar surface area (TPSA) is 108 Å². The number of benzene rings is 2. The maximum atomic E-state index is 13.1. The van der Waals surface area contributed by atoms with Gasteiger partial charge < -0.3 is 4.90 Å². The van der Waals surface area contributed by atoms with Gasteiger partial charge in [-0.1, -0.05) is 60.7 Å². The third-order valence-corrected chi connectivity index (χ3v) is 6.08. The fraction of sp³-hybridized carbons (Fsp3) is 0.318. The van der Waals surface area contributed by atoms with Gasteiger partial charge in [0.15, 0.2) is 5.82 Å². The molecule has 1 amide bonds. The van der Waals surface area contributed by atoms with Gasteiger partial charge >= 0.3 is 0 Å². The highest BCUT2D eigenvalue weighted by molar-refractivity contribution is 7.88. The number of likely N-dealkylation sites (tertiary alicyclic amines) is 1. The van der Waals surface area contributed by atoms with E-state index in [0.717, 1.165) is 17.4 Å². The third-order valence-electron chi connectivity index (χ3n) is 5.32. The summed E-state index contributed by atoms with van der Waals surface area (Å²) in [7, 11) is -3.39. The van der Waals surface area contributed by atoms with Crippen LogP contribution in [0.5, 0.6) is 0 Å². The van der Waals surface area contributed by atoms with Gasteiger partial charge in [-0.3, -0.25) is 9.89 Å². The van der Waals surface area contributed by atoms with Crippen LogP contribution in [0.1, 0.15) is 30.3 Å². The molecule has 2 atom stereocenters. The summed E-state index contributed by atoms with van der Waals surface area (Å²) < 4.78 is 26.1. The molecule has 1 aliphatic rings. The van der Waals surface area contributed by atoms with Crippen molar-refractivity contribution in [1.82, 2.24) is 24.8 Å². The second kappa shape index (κ2) is 8.99. The van der Waals surface area contributed by atoms with Crippen molar-refractivity contribution in [2.45, 2.75) is 31.3 Å². The number of sulfonamides is 1. The normalized spacial score (nSPS) is 18.9. The minimum atomic E-state index is -3.39. The molecular weight excluding hydrogens is 414 g/mol. The first-order chi connectivity index (χ1) is 14.9. The number of carbonyl (C=O) groups is 1. The first-order valence-corrected chi connectivity index (χ1v) is 12.1. The Morgan fingerprint density at radius 1 is 1.13 bits per heavy atom. The number of H-pyrrole nitrogens is 1. The van der Waals surface area contributed by atoms with Crippen LogP contribution in [-0.2, 0) is 21.2 Å². The van der Waals surface area contributed by atoms with Gasteiger partial charge in [-0.15, -0.1) is 0 Å². The van der Waals surface area contributed by atoms with Crippen LogP contribution in [-0.4, -0.2) is 53.2 Å². The Hall–Kier alpha value is -3.04. The maximum Gasteiger partial charge on any atom is 0.223 e. The van der Waals surface area contributed by atoms with Gasteiger partial charge in [0.2, 0.25) is 15.9 Å². The summed E-state index contributed by atoms with van der Waals surface area (Å²) in [5, 5.41) is 7.26. The molecule has 0 saturated carbocycles. The molecule has 1 aliphatic heterocycles. The Balaban J connectivity index is 1.54. The van der Waals surface area contributed by atoms with Crippen molar-refractivity contribution in [3.8, 4) is 11.4 Å². The molecule has 0 bridgehead atoms. The predicted molar refractivity (Wildman–Crippen MR) is 117 cm³/mol. The van der Waals surface area contributed by atoms with E-state index < -0.39 is 10.0 Å². The van der Waals surface area contributed by atoms with Gasteiger partial charge in [-0.2, -0.15) is 5.10 Å². The van der Waals surface area contributed by atoms with Crippen molar-refractivity contribution >= 4 is 15.9 Å². The Bertz CT molecular complexity index is 1130. The Morgan fingerprint density at radius 3 is 2.48 bits per heavy atom. The van der Waals surface area contributed by atoms with Gasteiger partial charge in [0.05, 0.1) is 12.3 Å². The smallest absolute Gasteiger partial charge is 0.223 e. The number of hydrogen-bond acceptors (Lipinski definition) is 5. The zero-order chi connectivity index (χ0) is 21.8. The molecule has 2 aromatic carbocycles. The molecule has 0 aliphatic carbocycles. The number of nitrogens with zero attached hydrogens (tertiary/aromatic N) is 3. The van der Waals surface area contributed by atoms with Crippen LogP contribution in [0.25, 0.3) is 11.4 Å². The molecule has 1 fully saturated rings. The van der Waals surface area contributed by atoms with Gasteiger partial charge in [-0.05, 0) is 18.4 Å². The second-order valence-corrected chi connectivity index (χ2v) is 9.56. The molecule has 0 spiro atoms. The van der Waals surface area contributed by atoms with E-state index in [1.54, 1.807) is 4.90 Å². The average Bonchev–Trinajstić information content (AvgIpc) is 3.39. The molecule has 4 rings (SSSR count). The predicted octanol–water partition coefficient (Wildman–Crippen LogP) is 2.30. The van der Waals surface area contributed by atoms with Crippen molar-refractivity contribution in [3.05, 3.63) is 72.1 Å². The fourth-order valence-electron chi connectivity index (χ4n) is 3.94. The van der Waals surface area contributed by atoms with Crippen LogP contribution in [0.3, 0.4) is 0 Å². The lowest BCUT2D eigenvalue weighted by Gasteiger charge is -2.23. The van der Waals surface area contributed by atoms with Gasteiger partial charge in [0.25, 0.3) is 0 Å². The zero-order valence-corrected chi connectivity index (χ0v) is 18.0. The number of aromatic nitrogens is 3. The first-order valence-electron chi connectivity index (χ1n) is 10.2. The largest absolute Gasteiger partial charge is 0.331 e. The number of aryl methyl sites for hydroxylation is 1. The molecule has 0 radical (unpaired) electrons. The number of hydrogen-bond donors (Lipinski definition) is 2. The van der Waals surface area contributed by atoms with Crippen LogP contribution in [0.2, 0.25) is 0 Å². The molecule has 162 valence electrons. The molecular formula is C22H25N5O3S. The van der Waals surface area contributed by atoms with Crippen molar-refractivity contribution in [1.29, 1.82) is 0 Å². The van der Waals surface area contributed by atoms with E-state index in [-0.39, 0.29) is 18.0 Å². The molecule has 8 nitrogen and oxygen atoms in total. The molecule has 3 aromatic rings. The summed E-state index contributed by atoms with van der Waals surface area (Å²) in [5.74, 6) is 1.07. The lowest BCUT2D eigenvalue weighted by molar-refractivity contribution is -0.132. The summed E-state index contributed by atoms with van der Waals surface area (Å²) in [6.45, 7) is 0.298. The summed E-state index contributed by atoms with van der Waals surface area (Å²) >= 11 is 0. The van der Waals surface area contributed by atoms with E-state index in [4.69, 9.17) is 0 Å². The lowest BCUT2D eigenvalue weighted by atomic mass is 10.1. The van der Waals surface area contributed by atoms with Crippen LogP contribution in [0.4, 0.5) is 0 Å². The van der Waals surface area contributed by atoms with Crippen LogP contribution >= 0.6 is 0 Å². The molecule has 1 aromatic heterocycles. The average molecular weight is 440 g/mol. The van der Waals surface area contributed by atoms with Crippen molar-refractivity contribution < 1.29 is 13.2 Å². The summed E-state index contributed by atoms with van der Waals surface area (Å²) in [5.41, 5.74) is 1.96. The van der Waals surface area contributed by atoms with E-state index in [9.17, 15) is 13.2 Å². The van der Waals surface area contributed by atoms with Gasteiger partial charge in [0, 0.05) is 24.6 Å². The SMILES string of the molecule is CS(=O)(=O)N[C@H]1C[C@@H](c2nc(-c3ccccc3)n[nH]2)N(C(=O)CCc2ccccc2)C1. The number of carbonyl (C=O) groups excluding carboxylic acids is 1. The Kier molecular flexibility index (Phi) is 6.15. The van der Waals surface area contributed by atoms with Crippen LogP contribution < -0.4 is 4.72 Å².